The summed E-state index contributed by atoms with van der Waals surface area (Å²) >= 11 is 2.81. The SMILES string of the molecule is C[n+]1ccc(-c2c3nc(c(-c4cc[n+](C)cc4)c4ccc([nH]4)c(-c4cc[n+](C)cc4)c4nc(c(-c5ccc(C(=O)NCCOCCOCCn6cc(CN7C(=O)C8=C(SCS8)C7=O)nn6)cc5)c5ccc2[nH]5)C=C4)C=C3)cc1. The maximum atomic E-state index is 13.5. The second-order valence-electron chi connectivity index (χ2n) is 19.1. The van der Waals surface area contributed by atoms with Gasteiger partial charge in [0.05, 0.1) is 78.3 Å². The number of ether oxygens (including phenoxy) is 2. The number of nitrogens with zero attached hydrogens (tertiary/aromatic N) is 9. The van der Waals surface area contributed by atoms with Crippen molar-refractivity contribution in [3.63, 3.8) is 0 Å². The predicted molar refractivity (Wildman–Crippen MR) is 301 cm³/mol. The molecule has 0 radical (unpaired) electrons. The fourth-order valence-corrected chi connectivity index (χ4v) is 12.2. The number of benzene rings is 1. The van der Waals surface area contributed by atoms with E-state index in [4.69, 9.17) is 19.4 Å². The van der Waals surface area contributed by atoms with Crippen LogP contribution in [0.4, 0.5) is 0 Å². The summed E-state index contributed by atoms with van der Waals surface area (Å²) in [6, 6.07) is 28.7. The number of thioether (sulfide) groups is 2. The first kappa shape index (κ1) is 50.2. The second-order valence-corrected chi connectivity index (χ2v) is 21.4. The van der Waals surface area contributed by atoms with E-state index < -0.39 is 0 Å². The van der Waals surface area contributed by atoms with Gasteiger partial charge in [-0.3, -0.25) is 19.3 Å². The van der Waals surface area contributed by atoms with E-state index in [-0.39, 0.29) is 24.3 Å². The highest BCUT2D eigenvalue weighted by Crippen LogP contribution is 2.45. The molecule has 4 aliphatic heterocycles. The van der Waals surface area contributed by atoms with Crippen molar-refractivity contribution in [3.8, 4) is 44.5 Å². The lowest BCUT2D eigenvalue weighted by Gasteiger charge is -2.13. The van der Waals surface area contributed by atoms with E-state index in [9.17, 15) is 14.4 Å². The molecule has 8 aromatic rings. The van der Waals surface area contributed by atoms with E-state index >= 15 is 0 Å². The minimum absolute atomic E-state index is 0.0795. The molecule has 388 valence electrons. The average molecular weight is 1070 g/mol. The number of aromatic amines is 2. The standard InChI is InChI=1S/C59H51N12O5S2/c1-67-23-16-38(17-24-67)52-45-10-8-43(61-45)51(37-4-6-41(7-5-37)57(72)60-22-30-75-32-33-76-31-29-70-34-42(65-66-70)35-71-58(73)55-56(59(71)74)78-36-77-55)44-9-11-46(62-44)53(39-18-25-68(2)26-19-39)48-13-15-50(64-48)54(49-14-12-47(52)63-49)40-20-27-69(3)28-21-40/h4-21,23-28,34H,22,29-33,35-36H2,1-3H3,(H-,60,61,62,63,64,72)/q+1/p+2. The molecule has 0 atom stereocenters. The number of rotatable bonds is 16. The van der Waals surface area contributed by atoms with Gasteiger partial charge in [-0.15, -0.1) is 28.6 Å². The zero-order valence-electron chi connectivity index (χ0n) is 43.0. The maximum absolute atomic E-state index is 13.5. The number of fused-ring (bicyclic) bond motifs is 8. The topological polar surface area (TPSA) is 185 Å². The highest BCUT2D eigenvalue weighted by atomic mass is 32.2. The molecule has 3 amide bonds. The summed E-state index contributed by atoms with van der Waals surface area (Å²) in [4.78, 5) is 59.6. The Bertz CT molecular complexity index is 3870. The smallest absolute Gasteiger partial charge is 0.268 e. The zero-order valence-corrected chi connectivity index (χ0v) is 44.6. The van der Waals surface area contributed by atoms with Crippen LogP contribution in [0.1, 0.15) is 38.8 Å². The number of carbonyl (C=O) groups is 3. The quantitative estimate of drug-likeness (QED) is 0.0499. The predicted octanol–water partition coefficient (Wildman–Crippen LogP) is 7.37. The van der Waals surface area contributed by atoms with E-state index in [1.54, 1.807) is 10.9 Å². The third kappa shape index (κ3) is 10.2. The van der Waals surface area contributed by atoms with Crippen LogP contribution in [0.15, 0.2) is 138 Å². The van der Waals surface area contributed by atoms with Gasteiger partial charge in [0.1, 0.15) is 26.8 Å². The first-order valence-electron chi connectivity index (χ1n) is 25.4. The molecule has 0 saturated heterocycles. The Balaban J connectivity index is 0.789. The monoisotopic (exact) mass is 1070 g/mol. The second kappa shape index (κ2) is 21.8. The average Bonchev–Trinajstić information content (AvgIpc) is 4.41. The van der Waals surface area contributed by atoms with Gasteiger partial charge in [-0.1, -0.05) is 17.3 Å². The van der Waals surface area contributed by atoms with E-state index in [0.717, 1.165) is 89.4 Å². The van der Waals surface area contributed by atoms with Gasteiger partial charge in [0, 0.05) is 97.9 Å². The molecule has 8 bridgehead atoms. The van der Waals surface area contributed by atoms with E-state index in [2.05, 4.69) is 123 Å². The molecule has 11 heterocycles. The Morgan fingerprint density at radius 1 is 0.577 bits per heavy atom. The first-order valence-corrected chi connectivity index (χ1v) is 27.4. The van der Waals surface area contributed by atoms with Crippen LogP contribution in [0, 0.1) is 0 Å². The summed E-state index contributed by atoms with van der Waals surface area (Å²) in [7, 11) is 6.03. The van der Waals surface area contributed by atoms with Crippen molar-refractivity contribution < 1.29 is 37.6 Å². The minimum Gasteiger partial charge on any atom is -0.377 e. The number of amides is 3. The van der Waals surface area contributed by atoms with Gasteiger partial charge in [-0.25, -0.2) is 28.4 Å². The molecule has 0 spiro atoms. The highest BCUT2D eigenvalue weighted by Gasteiger charge is 2.42. The van der Waals surface area contributed by atoms with Crippen molar-refractivity contribution in [1.29, 1.82) is 0 Å². The molecule has 19 heteroatoms. The van der Waals surface area contributed by atoms with Crippen LogP contribution in [0.25, 0.3) is 90.9 Å². The van der Waals surface area contributed by atoms with Crippen molar-refractivity contribution in [2.45, 2.75) is 13.1 Å². The first-order chi connectivity index (χ1) is 38.1. The van der Waals surface area contributed by atoms with E-state index in [1.807, 2.05) is 83.9 Å². The third-order valence-electron chi connectivity index (χ3n) is 13.8. The number of imide groups is 1. The lowest BCUT2D eigenvalue weighted by Crippen LogP contribution is -2.31. The number of H-pyrrole nitrogens is 2. The van der Waals surface area contributed by atoms with Gasteiger partial charge in [0.15, 0.2) is 37.2 Å². The highest BCUT2D eigenvalue weighted by molar-refractivity contribution is 8.23. The number of aromatic nitrogens is 10. The van der Waals surface area contributed by atoms with Crippen molar-refractivity contribution >= 4 is 87.6 Å². The third-order valence-corrected chi connectivity index (χ3v) is 16.2. The van der Waals surface area contributed by atoms with Crippen molar-refractivity contribution in [3.05, 3.63) is 172 Å². The largest absolute Gasteiger partial charge is 0.377 e. The molecule has 17 nitrogen and oxygen atoms in total. The molecule has 0 unspecified atom stereocenters. The summed E-state index contributed by atoms with van der Waals surface area (Å²) < 4.78 is 19.2. The lowest BCUT2D eigenvalue weighted by atomic mass is 10.0. The minimum atomic E-state index is -0.265. The molecule has 78 heavy (non-hydrogen) atoms. The van der Waals surface area contributed by atoms with Gasteiger partial charge < -0.3 is 24.8 Å². The van der Waals surface area contributed by atoms with Crippen molar-refractivity contribution in [1.82, 2.24) is 45.1 Å². The van der Waals surface area contributed by atoms with Gasteiger partial charge in [-0.05, 0) is 83.0 Å². The van der Waals surface area contributed by atoms with Gasteiger partial charge in [-0.2, -0.15) is 0 Å². The van der Waals surface area contributed by atoms with Crippen molar-refractivity contribution in [2.75, 3.05) is 38.1 Å². The summed E-state index contributed by atoms with van der Waals surface area (Å²) in [6.45, 7) is 2.19. The van der Waals surface area contributed by atoms with Crippen LogP contribution >= 0.6 is 23.5 Å². The van der Waals surface area contributed by atoms with Gasteiger partial charge in [0.25, 0.3) is 17.7 Å². The molecular weight excluding hydrogens is 1020 g/mol. The molecule has 4 aliphatic rings. The summed E-state index contributed by atoms with van der Waals surface area (Å²) in [5.41, 5.74) is 15.5. The lowest BCUT2D eigenvalue weighted by molar-refractivity contribution is -0.671. The molecule has 0 fully saturated rings. The number of hydrogen-bond donors (Lipinski definition) is 3. The van der Waals surface area contributed by atoms with Gasteiger partial charge >= 0.3 is 0 Å². The van der Waals surface area contributed by atoms with Crippen molar-refractivity contribution in [2.24, 2.45) is 21.1 Å². The van der Waals surface area contributed by atoms with Gasteiger partial charge in [0.2, 0.25) is 0 Å². The van der Waals surface area contributed by atoms with Crippen LogP contribution < -0.4 is 19.0 Å². The fraction of sp³-hybridized carbons (Fsp3) is 0.186. The summed E-state index contributed by atoms with van der Waals surface area (Å²) in [5.74, 6) is -0.749. The van der Waals surface area contributed by atoms with Crippen LogP contribution in [0.3, 0.4) is 0 Å². The normalized spacial score (nSPS) is 13.8. The molecule has 12 rings (SSSR count). The van der Waals surface area contributed by atoms with E-state index in [0.29, 0.717) is 65.7 Å². The molecule has 7 aromatic heterocycles. The maximum Gasteiger partial charge on any atom is 0.268 e. The summed E-state index contributed by atoms with van der Waals surface area (Å²) in [6.07, 6.45) is 22.3. The number of hydrogen-bond acceptors (Lipinski definition) is 11. The Labute approximate surface area is 457 Å². The molecule has 1 aromatic carbocycles. The van der Waals surface area contributed by atoms with Crippen LogP contribution in [-0.2, 0) is 53.3 Å². The number of aryl methyl sites for hydroxylation is 3. The fourth-order valence-electron chi connectivity index (χ4n) is 9.79. The molecule has 0 aliphatic carbocycles. The Kier molecular flexibility index (Phi) is 14.0. The Morgan fingerprint density at radius 3 is 1.45 bits per heavy atom. The molecule has 3 N–H and O–H groups in total. The Hall–Kier alpha value is -8.62. The van der Waals surface area contributed by atoms with E-state index in [1.165, 1.54) is 28.4 Å². The summed E-state index contributed by atoms with van der Waals surface area (Å²) in [5, 5.41) is 11.9. The number of carbonyl (C=O) groups excluding carboxylic acids is 3. The number of nitrogens with one attached hydrogen (secondary N) is 3. The van der Waals surface area contributed by atoms with Crippen LogP contribution in [0.5, 0.6) is 0 Å². The number of pyridine rings is 3. The molecule has 0 saturated carbocycles. The molecular formula is C59H53N12O5S2+3. The van der Waals surface area contributed by atoms with Crippen LogP contribution in [-0.4, -0.2) is 95.6 Å². The zero-order chi connectivity index (χ0) is 53.3. The Morgan fingerprint density at radius 2 is 1.00 bits per heavy atom. The van der Waals surface area contributed by atoms with Crippen LogP contribution in [0.2, 0.25) is 0 Å².